The normalized spacial score (nSPS) is 10.3. The van der Waals surface area contributed by atoms with Crippen LogP contribution in [0.15, 0.2) is 44.9 Å². The molecule has 0 atom stereocenters. The summed E-state index contributed by atoms with van der Waals surface area (Å²) >= 11 is 5.10. The smallest absolute Gasteiger partial charge is 0.223 e. The molecule has 1 aromatic carbocycles. The van der Waals surface area contributed by atoms with Gasteiger partial charge in [-0.15, -0.1) is 0 Å². The van der Waals surface area contributed by atoms with Gasteiger partial charge in [0.05, 0.1) is 0 Å². The second-order valence-electron chi connectivity index (χ2n) is 3.49. The first-order chi connectivity index (χ1) is 8.19. The molecule has 88 valence electrons. The van der Waals surface area contributed by atoms with Crippen LogP contribution in [0.25, 0.3) is 0 Å². The van der Waals surface area contributed by atoms with Crippen molar-refractivity contribution in [2.24, 2.45) is 0 Å². The summed E-state index contributed by atoms with van der Waals surface area (Å²) in [6.07, 6.45) is 1.83. The highest BCUT2D eigenvalue weighted by atomic mass is 79.9. The Morgan fingerprint density at radius 3 is 2.88 bits per heavy atom. The van der Waals surface area contributed by atoms with E-state index in [1.165, 1.54) is 0 Å². The first-order valence-electron chi connectivity index (χ1n) is 5.14. The fourth-order valence-electron chi connectivity index (χ4n) is 1.29. The van der Waals surface area contributed by atoms with Crippen LogP contribution in [0.1, 0.15) is 5.56 Å². The Morgan fingerprint density at radius 2 is 2.18 bits per heavy atom. The molecular weight excluding hydrogens is 298 g/mol. The molecule has 0 aliphatic heterocycles. The number of rotatable bonds is 3. The lowest BCUT2D eigenvalue weighted by Crippen LogP contribution is -1.98. The summed E-state index contributed by atoms with van der Waals surface area (Å²) in [6, 6.07) is 8.17. The van der Waals surface area contributed by atoms with Crippen LogP contribution >= 0.6 is 27.7 Å². The molecule has 1 aromatic heterocycles. The van der Waals surface area contributed by atoms with E-state index in [4.69, 9.17) is 0 Å². The summed E-state index contributed by atoms with van der Waals surface area (Å²) in [5.41, 5.74) is 1.08. The third kappa shape index (κ3) is 3.20. The molecule has 0 bridgehead atoms. The molecular formula is C12H12BrN3S. The number of nitrogens with one attached hydrogen (secondary N) is 1. The van der Waals surface area contributed by atoms with E-state index in [1.54, 1.807) is 11.8 Å². The fraction of sp³-hybridized carbons (Fsp3) is 0.167. The molecule has 17 heavy (non-hydrogen) atoms. The molecule has 0 unspecified atom stereocenters. The predicted octanol–water partition coefficient (Wildman–Crippen LogP) is 3.74. The Morgan fingerprint density at radius 1 is 1.35 bits per heavy atom. The molecule has 0 aliphatic carbocycles. The van der Waals surface area contributed by atoms with Crippen LogP contribution in [-0.2, 0) is 0 Å². The molecule has 3 nitrogen and oxygen atoms in total. The maximum Gasteiger partial charge on any atom is 0.223 e. The van der Waals surface area contributed by atoms with Gasteiger partial charge in [-0.2, -0.15) is 0 Å². The van der Waals surface area contributed by atoms with Gasteiger partial charge in [0.25, 0.3) is 0 Å². The molecule has 5 heteroatoms. The third-order valence-corrected chi connectivity index (χ3v) is 3.75. The molecule has 0 aliphatic rings. The fourth-order valence-corrected chi connectivity index (χ4v) is 2.74. The Kier molecular flexibility index (Phi) is 4.02. The summed E-state index contributed by atoms with van der Waals surface area (Å²) in [7, 11) is 1.82. The molecule has 2 rings (SSSR count). The van der Waals surface area contributed by atoms with E-state index in [0.717, 1.165) is 20.0 Å². The molecule has 0 saturated heterocycles. The van der Waals surface area contributed by atoms with Crippen molar-refractivity contribution in [3.63, 3.8) is 0 Å². The zero-order valence-corrected chi connectivity index (χ0v) is 12.0. The van der Waals surface area contributed by atoms with Crippen molar-refractivity contribution in [2.45, 2.75) is 16.8 Å². The second kappa shape index (κ2) is 5.51. The van der Waals surface area contributed by atoms with Crippen LogP contribution < -0.4 is 5.32 Å². The van der Waals surface area contributed by atoms with Gasteiger partial charge >= 0.3 is 0 Å². The van der Waals surface area contributed by atoms with Crippen molar-refractivity contribution in [3.8, 4) is 0 Å². The molecule has 0 radical (unpaired) electrons. The van der Waals surface area contributed by atoms with Gasteiger partial charge < -0.3 is 5.32 Å². The maximum absolute atomic E-state index is 4.44. The molecule has 1 heterocycles. The number of nitrogens with zero attached hydrogens (tertiary/aromatic N) is 2. The topological polar surface area (TPSA) is 37.8 Å². The van der Waals surface area contributed by atoms with Crippen molar-refractivity contribution in [1.29, 1.82) is 0 Å². The van der Waals surface area contributed by atoms with Crippen molar-refractivity contribution < 1.29 is 0 Å². The molecule has 0 saturated carbocycles. The van der Waals surface area contributed by atoms with Crippen LogP contribution in [0.2, 0.25) is 0 Å². The lowest BCUT2D eigenvalue weighted by atomic mass is 10.4. The highest BCUT2D eigenvalue weighted by Crippen LogP contribution is 2.30. The van der Waals surface area contributed by atoms with Gasteiger partial charge in [0, 0.05) is 28.2 Å². The molecule has 1 N–H and O–H groups in total. The van der Waals surface area contributed by atoms with Gasteiger partial charge in [0.1, 0.15) is 5.03 Å². The van der Waals surface area contributed by atoms with Gasteiger partial charge in [-0.05, 0) is 25.1 Å². The predicted molar refractivity (Wildman–Crippen MR) is 74.6 cm³/mol. The van der Waals surface area contributed by atoms with Crippen LogP contribution in [0.3, 0.4) is 0 Å². The number of hydrogen-bond donors (Lipinski definition) is 1. The largest absolute Gasteiger partial charge is 0.357 e. The summed E-state index contributed by atoms with van der Waals surface area (Å²) in [5, 5.41) is 3.92. The number of aromatic nitrogens is 2. The van der Waals surface area contributed by atoms with E-state index in [1.807, 2.05) is 32.3 Å². The van der Waals surface area contributed by atoms with E-state index in [0.29, 0.717) is 5.95 Å². The molecule has 2 aromatic rings. The lowest BCUT2D eigenvalue weighted by molar-refractivity contribution is 1.00. The lowest BCUT2D eigenvalue weighted by Gasteiger charge is -2.06. The minimum absolute atomic E-state index is 0.646. The van der Waals surface area contributed by atoms with Gasteiger partial charge in [-0.1, -0.05) is 33.8 Å². The standard InChI is InChI=1S/C12H12BrN3S/c1-8-7-15-12(14-2)16-11(8)17-10-5-3-4-9(13)6-10/h3-7H,1-2H3,(H,14,15,16). The Bertz CT molecular complexity index is 531. The summed E-state index contributed by atoms with van der Waals surface area (Å²) < 4.78 is 1.07. The van der Waals surface area contributed by atoms with Crippen molar-refractivity contribution in [2.75, 3.05) is 12.4 Å². The van der Waals surface area contributed by atoms with E-state index in [2.05, 4.69) is 43.3 Å². The minimum atomic E-state index is 0.646. The molecule has 0 fully saturated rings. The van der Waals surface area contributed by atoms with E-state index in [9.17, 15) is 0 Å². The van der Waals surface area contributed by atoms with Crippen LogP contribution in [0, 0.1) is 6.92 Å². The van der Waals surface area contributed by atoms with E-state index >= 15 is 0 Å². The number of aryl methyl sites for hydroxylation is 1. The van der Waals surface area contributed by atoms with E-state index in [-0.39, 0.29) is 0 Å². The minimum Gasteiger partial charge on any atom is -0.357 e. The molecule has 0 amide bonds. The van der Waals surface area contributed by atoms with Crippen LogP contribution in [0.4, 0.5) is 5.95 Å². The summed E-state index contributed by atoms with van der Waals surface area (Å²) in [6.45, 7) is 2.01. The van der Waals surface area contributed by atoms with Gasteiger partial charge in [-0.3, -0.25) is 0 Å². The highest BCUT2D eigenvalue weighted by molar-refractivity contribution is 9.10. The van der Waals surface area contributed by atoms with Crippen molar-refractivity contribution in [1.82, 2.24) is 9.97 Å². The Hall–Kier alpha value is -1.07. The van der Waals surface area contributed by atoms with Crippen LogP contribution in [0.5, 0.6) is 0 Å². The van der Waals surface area contributed by atoms with Gasteiger partial charge in [0.15, 0.2) is 0 Å². The first kappa shape index (κ1) is 12.4. The van der Waals surface area contributed by atoms with Crippen molar-refractivity contribution in [3.05, 3.63) is 40.5 Å². The monoisotopic (exact) mass is 309 g/mol. The number of halogens is 1. The maximum atomic E-state index is 4.44. The average molecular weight is 310 g/mol. The van der Waals surface area contributed by atoms with Crippen LogP contribution in [-0.4, -0.2) is 17.0 Å². The number of hydrogen-bond acceptors (Lipinski definition) is 4. The first-order valence-corrected chi connectivity index (χ1v) is 6.75. The molecule has 0 spiro atoms. The third-order valence-electron chi connectivity index (χ3n) is 2.16. The number of benzene rings is 1. The highest BCUT2D eigenvalue weighted by Gasteiger charge is 2.05. The summed E-state index contributed by atoms with van der Waals surface area (Å²) in [5.74, 6) is 0.646. The quantitative estimate of drug-likeness (QED) is 0.877. The van der Waals surface area contributed by atoms with E-state index < -0.39 is 0 Å². The SMILES string of the molecule is CNc1ncc(C)c(Sc2cccc(Br)c2)n1. The Balaban J connectivity index is 2.29. The van der Waals surface area contributed by atoms with Gasteiger partial charge in [-0.25, -0.2) is 9.97 Å². The Labute approximate surface area is 113 Å². The zero-order chi connectivity index (χ0) is 12.3. The zero-order valence-electron chi connectivity index (χ0n) is 9.57. The average Bonchev–Trinajstić information content (AvgIpc) is 2.32. The summed E-state index contributed by atoms with van der Waals surface area (Å²) in [4.78, 5) is 9.77. The van der Waals surface area contributed by atoms with Crippen molar-refractivity contribution >= 4 is 33.6 Å². The second-order valence-corrected chi connectivity index (χ2v) is 5.47. The number of anilines is 1. The van der Waals surface area contributed by atoms with Gasteiger partial charge in [0.2, 0.25) is 5.95 Å².